The van der Waals surface area contributed by atoms with Crippen molar-refractivity contribution in [3.8, 4) is 0 Å². The predicted octanol–water partition coefficient (Wildman–Crippen LogP) is 3.20. The van der Waals surface area contributed by atoms with Crippen LogP contribution in [-0.2, 0) is 11.2 Å². The van der Waals surface area contributed by atoms with Gasteiger partial charge in [0.1, 0.15) is 0 Å². The molecule has 0 saturated heterocycles. The van der Waals surface area contributed by atoms with Gasteiger partial charge >= 0.3 is 0 Å². The molecule has 0 spiro atoms. The fourth-order valence-electron chi connectivity index (χ4n) is 2.17. The minimum Gasteiger partial charge on any atom is -0.330 e. The molecule has 0 aliphatic heterocycles. The maximum Gasteiger partial charge on any atom is 0.228 e. The van der Waals surface area contributed by atoms with Crippen LogP contribution in [0.25, 0.3) is 0 Å². The van der Waals surface area contributed by atoms with E-state index in [1.165, 1.54) is 5.56 Å². The third-order valence-corrected chi connectivity index (χ3v) is 3.17. The number of hydrogen-bond donors (Lipinski definition) is 2. The Labute approximate surface area is 116 Å². The van der Waals surface area contributed by atoms with Gasteiger partial charge in [-0.05, 0) is 36.5 Å². The number of rotatable bonds is 7. The van der Waals surface area contributed by atoms with Gasteiger partial charge in [0.25, 0.3) is 0 Å². The van der Waals surface area contributed by atoms with Gasteiger partial charge in [0.15, 0.2) is 0 Å². The number of benzene rings is 1. The Morgan fingerprint density at radius 2 is 1.89 bits per heavy atom. The van der Waals surface area contributed by atoms with E-state index in [-0.39, 0.29) is 11.8 Å². The molecule has 3 heteroatoms. The molecule has 0 bridgehead atoms. The highest BCUT2D eigenvalue weighted by atomic mass is 16.1. The first kappa shape index (κ1) is 15.7. The van der Waals surface area contributed by atoms with E-state index < -0.39 is 0 Å². The third kappa shape index (κ3) is 5.43. The fraction of sp³-hybridized carbons (Fsp3) is 0.562. The first-order valence-electron chi connectivity index (χ1n) is 7.16. The van der Waals surface area contributed by atoms with Crippen LogP contribution in [0.5, 0.6) is 0 Å². The molecule has 106 valence electrons. The summed E-state index contributed by atoms with van der Waals surface area (Å²) in [5, 5.41) is 2.95. The summed E-state index contributed by atoms with van der Waals surface area (Å²) >= 11 is 0. The number of aryl methyl sites for hydroxylation is 1. The van der Waals surface area contributed by atoms with Crippen LogP contribution < -0.4 is 11.1 Å². The predicted molar refractivity (Wildman–Crippen MR) is 81.1 cm³/mol. The second-order valence-electron chi connectivity index (χ2n) is 5.50. The molecule has 19 heavy (non-hydrogen) atoms. The van der Waals surface area contributed by atoms with Gasteiger partial charge in [-0.15, -0.1) is 0 Å². The van der Waals surface area contributed by atoms with E-state index in [0.29, 0.717) is 12.5 Å². The van der Waals surface area contributed by atoms with Gasteiger partial charge in [0, 0.05) is 12.2 Å². The number of carbonyl (C=O) groups is 1. The zero-order valence-electron chi connectivity index (χ0n) is 12.3. The lowest BCUT2D eigenvalue weighted by Gasteiger charge is -2.17. The topological polar surface area (TPSA) is 55.1 Å². The Balaban J connectivity index is 2.59. The van der Waals surface area contributed by atoms with Crippen molar-refractivity contribution < 1.29 is 4.79 Å². The van der Waals surface area contributed by atoms with E-state index in [9.17, 15) is 4.79 Å². The lowest BCUT2D eigenvalue weighted by atomic mass is 9.96. The molecule has 1 atom stereocenters. The molecule has 1 amide bonds. The van der Waals surface area contributed by atoms with Gasteiger partial charge in [-0.1, -0.05) is 39.3 Å². The van der Waals surface area contributed by atoms with Crippen LogP contribution >= 0.6 is 0 Å². The van der Waals surface area contributed by atoms with Gasteiger partial charge in [0.2, 0.25) is 5.91 Å². The van der Waals surface area contributed by atoms with E-state index >= 15 is 0 Å². The first-order chi connectivity index (χ1) is 9.06. The summed E-state index contributed by atoms with van der Waals surface area (Å²) in [6, 6.07) is 8.07. The molecule has 1 unspecified atom stereocenters. The van der Waals surface area contributed by atoms with Gasteiger partial charge in [0.05, 0.1) is 5.92 Å². The quantitative estimate of drug-likeness (QED) is 0.793. The summed E-state index contributed by atoms with van der Waals surface area (Å²) in [6.45, 7) is 6.77. The average Bonchev–Trinajstić information content (AvgIpc) is 2.38. The van der Waals surface area contributed by atoms with Crippen molar-refractivity contribution in [2.24, 2.45) is 17.6 Å². The molecule has 3 nitrogen and oxygen atoms in total. The van der Waals surface area contributed by atoms with E-state index in [1.54, 1.807) is 0 Å². The number of nitrogens with two attached hydrogens (primary N) is 1. The van der Waals surface area contributed by atoms with Crippen LogP contribution in [0.4, 0.5) is 5.69 Å². The van der Waals surface area contributed by atoms with Crippen molar-refractivity contribution in [2.45, 2.75) is 40.0 Å². The Kier molecular flexibility index (Phi) is 6.57. The molecule has 0 radical (unpaired) electrons. The van der Waals surface area contributed by atoms with Crippen LogP contribution in [0.1, 0.15) is 39.2 Å². The van der Waals surface area contributed by atoms with E-state index in [2.05, 4.69) is 38.2 Å². The minimum absolute atomic E-state index is 0.0273. The molecule has 0 heterocycles. The number of anilines is 1. The third-order valence-electron chi connectivity index (χ3n) is 3.17. The summed E-state index contributed by atoms with van der Waals surface area (Å²) in [5.41, 5.74) is 7.84. The van der Waals surface area contributed by atoms with Crippen molar-refractivity contribution in [3.05, 3.63) is 29.8 Å². The second-order valence-corrected chi connectivity index (χ2v) is 5.50. The minimum atomic E-state index is -0.102. The maximum absolute atomic E-state index is 12.1. The van der Waals surface area contributed by atoms with Crippen molar-refractivity contribution in [1.82, 2.24) is 0 Å². The molecule has 3 N–H and O–H groups in total. The molecule has 1 rings (SSSR count). The van der Waals surface area contributed by atoms with Crippen LogP contribution in [0.3, 0.4) is 0 Å². The molecule has 0 fully saturated rings. The van der Waals surface area contributed by atoms with Gasteiger partial charge in [-0.3, -0.25) is 4.79 Å². The average molecular weight is 262 g/mol. The summed E-state index contributed by atoms with van der Waals surface area (Å²) in [5.74, 6) is 0.404. The largest absolute Gasteiger partial charge is 0.330 e. The van der Waals surface area contributed by atoms with Crippen LogP contribution in [0.15, 0.2) is 24.3 Å². The number of nitrogens with one attached hydrogen (secondary N) is 1. The number of carbonyl (C=O) groups excluding carboxylic acids is 1. The Morgan fingerprint density at radius 3 is 2.37 bits per heavy atom. The van der Waals surface area contributed by atoms with Crippen LogP contribution in [0, 0.1) is 11.8 Å². The molecule has 0 aliphatic rings. The molecular formula is C16H26N2O. The molecule has 0 aliphatic carbocycles. The van der Waals surface area contributed by atoms with Crippen molar-refractivity contribution in [3.63, 3.8) is 0 Å². The monoisotopic (exact) mass is 262 g/mol. The second kappa shape index (κ2) is 7.95. The standard InChI is InChI=1S/C16H26N2O/c1-4-5-13-6-8-15(9-7-13)18-16(19)14(11-17)10-12(2)3/h6-9,12,14H,4-5,10-11,17H2,1-3H3,(H,18,19). The summed E-state index contributed by atoms with van der Waals surface area (Å²) in [4.78, 5) is 12.1. The summed E-state index contributed by atoms with van der Waals surface area (Å²) < 4.78 is 0. The first-order valence-corrected chi connectivity index (χ1v) is 7.16. The van der Waals surface area contributed by atoms with E-state index in [0.717, 1.165) is 24.9 Å². The lowest BCUT2D eigenvalue weighted by molar-refractivity contribution is -0.120. The number of amides is 1. The van der Waals surface area contributed by atoms with Gasteiger partial charge < -0.3 is 11.1 Å². The highest BCUT2D eigenvalue weighted by Crippen LogP contribution is 2.15. The molecular weight excluding hydrogens is 236 g/mol. The normalized spacial score (nSPS) is 12.5. The van der Waals surface area contributed by atoms with Gasteiger partial charge in [-0.2, -0.15) is 0 Å². The zero-order valence-corrected chi connectivity index (χ0v) is 12.3. The smallest absolute Gasteiger partial charge is 0.228 e. The SMILES string of the molecule is CCCc1ccc(NC(=O)C(CN)CC(C)C)cc1. The molecule has 1 aromatic carbocycles. The summed E-state index contributed by atoms with van der Waals surface area (Å²) in [6.07, 6.45) is 3.04. The Morgan fingerprint density at radius 1 is 1.26 bits per heavy atom. The fourth-order valence-corrected chi connectivity index (χ4v) is 2.17. The maximum atomic E-state index is 12.1. The Bertz CT molecular complexity index is 384. The van der Waals surface area contributed by atoms with E-state index in [4.69, 9.17) is 5.73 Å². The molecule has 0 saturated carbocycles. The van der Waals surface area contributed by atoms with Crippen molar-refractivity contribution >= 4 is 11.6 Å². The Hall–Kier alpha value is -1.35. The van der Waals surface area contributed by atoms with E-state index in [1.807, 2.05) is 12.1 Å². The van der Waals surface area contributed by atoms with Crippen LogP contribution in [-0.4, -0.2) is 12.5 Å². The molecule has 1 aromatic rings. The lowest BCUT2D eigenvalue weighted by Crippen LogP contribution is -2.30. The molecule has 0 aromatic heterocycles. The van der Waals surface area contributed by atoms with Crippen molar-refractivity contribution in [2.75, 3.05) is 11.9 Å². The summed E-state index contributed by atoms with van der Waals surface area (Å²) in [7, 11) is 0. The van der Waals surface area contributed by atoms with Crippen LogP contribution in [0.2, 0.25) is 0 Å². The number of hydrogen-bond acceptors (Lipinski definition) is 2. The highest BCUT2D eigenvalue weighted by Gasteiger charge is 2.18. The van der Waals surface area contributed by atoms with Gasteiger partial charge in [-0.25, -0.2) is 0 Å². The zero-order chi connectivity index (χ0) is 14.3. The van der Waals surface area contributed by atoms with Crippen molar-refractivity contribution in [1.29, 1.82) is 0 Å². The highest BCUT2D eigenvalue weighted by molar-refractivity contribution is 5.92.